The minimum atomic E-state index is -0.109. The van der Waals surface area contributed by atoms with Crippen molar-refractivity contribution in [3.8, 4) is 11.5 Å². The largest absolute Gasteiger partial charge is 0.497 e. The first-order valence-electron chi connectivity index (χ1n) is 7.40. The molecule has 2 aromatic rings. The second-order valence-corrected chi connectivity index (χ2v) is 5.20. The van der Waals surface area contributed by atoms with Crippen LogP contribution in [0.15, 0.2) is 42.5 Å². The van der Waals surface area contributed by atoms with Crippen molar-refractivity contribution in [1.82, 2.24) is 5.32 Å². The van der Waals surface area contributed by atoms with Crippen molar-refractivity contribution in [1.29, 1.82) is 0 Å². The first-order valence-corrected chi connectivity index (χ1v) is 7.40. The fourth-order valence-electron chi connectivity index (χ4n) is 2.18. The first kappa shape index (κ1) is 16.8. The molecular weight excluding hydrogens is 292 g/mol. The van der Waals surface area contributed by atoms with Gasteiger partial charge in [0.25, 0.3) is 0 Å². The summed E-state index contributed by atoms with van der Waals surface area (Å²) >= 11 is 0. The third-order valence-corrected chi connectivity index (χ3v) is 3.40. The summed E-state index contributed by atoms with van der Waals surface area (Å²) in [5.41, 5.74) is 2.84. The Morgan fingerprint density at radius 1 is 1.04 bits per heavy atom. The van der Waals surface area contributed by atoms with Gasteiger partial charge in [0.2, 0.25) is 5.91 Å². The molecule has 2 rings (SSSR count). The average Bonchev–Trinajstić information content (AvgIpc) is 2.56. The van der Waals surface area contributed by atoms with Gasteiger partial charge >= 0.3 is 0 Å². The zero-order chi connectivity index (χ0) is 16.7. The zero-order valence-electron chi connectivity index (χ0n) is 13.7. The van der Waals surface area contributed by atoms with Crippen LogP contribution in [-0.4, -0.2) is 26.7 Å². The normalized spacial score (nSPS) is 10.2. The summed E-state index contributed by atoms with van der Waals surface area (Å²) in [6.07, 6.45) is 0. The number of methoxy groups -OCH3 is 2. The number of carbonyl (C=O) groups is 1. The quantitative estimate of drug-likeness (QED) is 0.825. The molecular formula is C18H22N2O3. The molecule has 0 unspecified atom stereocenters. The van der Waals surface area contributed by atoms with E-state index in [4.69, 9.17) is 9.47 Å². The molecule has 23 heavy (non-hydrogen) atoms. The SMILES string of the molecule is COc1ccc(CNCC(=O)Nc2cc(C)ccc2OC)cc1. The van der Waals surface area contributed by atoms with Crippen LogP contribution >= 0.6 is 0 Å². The van der Waals surface area contributed by atoms with Gasteiger partial charge in [-0.2, -0.15) is 0 Å². The highest BCUT2D eigenvalue weighted by atomic mass is 16.5. The van der Waals surface area contributed by atoms with Gasteiger partial charge in [0.05, 0.1) is 26.5 Å². The van der Waals surface area contributed by atoms with Gasteiger partial charge in [-0.1, -0.05) is 18.2 Å². The smallest absolute Gasteiger partial charge is 0.238 e. The summed E-state index contributed by atoms with van der Waals surface area (Å²) in [5.74, 6) is 1.36. The number of carbonyl (C=O) groups excluding carboxylic acids is 1. The van der Waals surface area contributed by atoms with Gasteiger partial charge in [-0.25, -0.2) is 0 Å². The summed E-state index contributed by atoms with van der Waals surface area (Å²) in [4.78, 5) is 12.0. The lowest BCUT2D eigenvalue weighted by atomic mass is 10.2. The second kappa shape index (κ2) is 8.19. The van der Waals surface area contributed by atoms with Crippen molar-refractivity contribution in [2.75, 3.05) is 26.1 Å². The van der Waals surface area contributed by atoms with Crippen LogP contribution in [-0.2, 0) is 11.3 Å². The molecule has 1 amide bonds. The van der Waals surface area contributed by atoms with Gasteiger partial charge in [-0.05, 0) is 42.3 Å². The number of amides is 1. The molecule has 122 valence electrons. The van der Waals surface area contributed by atoms with Gasteiger partial charge in [0.1, 0.15) is 11.5 Å². The predicted molar refractivity (Wildman–Crippen MR) is 91.1 cm³/mol. The van der Waals surface area contributed by atoms with E-state index in [0.717, 1.165) is 16.9 Å². The molecule has 5 nitrogen and oxygen atoms in total. The Morgan fingerprint density at radius 2 is 1.78 bits per heavy atom. The Hall–Kier alpha value is -2.53. The number of aryl methyl sites for hydroxylation is 1. The van der Waals surface area contributed by atoms with Crippen molar-refractivity contribution < 1.29 is 14.3 Å². The Balaban J connectivity index is 1.84. The van der Waals surface area contributed by atoms with Crippen LogP contribution in [0.3, 0.4) is 0 Å². The van der Waals surface area contributed by atoms with E-state index in [2.05, 4.69) is 10.6 Å². The summed E-state index contributed by atoms with van der Waals surface area (Å²) in [6.45, 7) is 2.81. The van der Waals surface area contributed by atoms with Crippen molar-refractivity contribution in [3.05, 3.63) is 53.6 Å². The van der Waals surface area contributed by atoms with Crippen molar-refractivity contribution >= 4 is 11.6 Å². The summed E-state index contributed by atoms with van der Waals surface area (Å²) < 4.78 is 10.4. The van der Waals surface area contributed by atoms with E-state index in [9.17, 15) is 4.79 Å². The molecule has 0 spiro atoms. The topological polar surface area (TPSA) is 59.6 Å². The lowest BCUT2D eigenvalue weighted by Gasteiger charge is -2.11. The van der Waals surface area contributed by atoms with Gasteiger partial charge in [0, 0.05) is 6.54 Å². The van der Waals surface area contributed by atoms with E-state index in [1.54, 1.807) is 14.2 Å². The number of hydrogen-bond acceptors (Lipinski definition) is 4. The summed E-state index contributed by atoms with van der Waals surface area (Å²) in [7, 11) is 3.22. The molecule has 0 aromatic heterocycles. The first-order chi connectivity index (χ1) is 11.1. The van der Waals surface area contributed by atoms with Crippen molar-refractivity contribution in [3.63, 3.8) is 0 Å². The van der Waals surface area contributed by atoms with Gasteiger partial charge in [0.15, 0.2) is 0 Å². The highest BCUT2D eigenvalue weighted by Gasteiger charge is 2.07. The van der Waals surface area contributed by atoms with E-state index in [1.807, 2.05) is 49.4 Å². The second-order valence-electron chi connectivity index (χ2n) is 5.20. The maximum atomic E-state index is 12.0. The fraction of sp³-hybridized carbons (Fsp3) is 0.278. The molecule has 0 aliphatic heterocycles. The van der Waals surface area contributed by atoms with E-state index >= 15 is 0 Å². The van der Waals surface area contributed by atoms with E-state index in [0.29, 0.717) is 18.0 Å². The van der Waals surface area contributed by atoms with E-state index < -0.39 is 0 Å². The zero-order valence-corrected chi connectivity index (χ0v) is 13.7. The summed E-state index contributed by atoms with van der Waals surface area (Å²) in [6, 6.07) is 13.4. The maximum absolute atomic E-state index is 12.0. The van der Waals surface area contributed by atoms with Crippen LogP contribution in [0.5, 0.6) is 11.5 Å². The third kappa shape index (κ3) is 5.00. The van der Waals surface area contributed by atoms with Crippen molar-refractivity contribution in [2.24, 2.45) is 0 Å². The Kier molecular flexibility index (Phi) is 6.00. The predicted octanol–water partition coefficient (Wildman–Crippen LogP) is 2.74. The fourth-order valence-corrected chi connectivity index (χ4v) is 2.18. The molecule has 0 radical (unpaired) electrons. The van der Waals surface area contributed by atoms with Crippen LogP contribution in [0, 0.1) is 6.92 Å². The molecule has 0 aliphatic rings. The molecule has 0 saturated carbocycles. The average molecular weight is 314 g/mol. The molecule has 0 fully saturated rings. The molecule has 0 saturated heterocycles. The number of anilines is 1. The Labute approximate surface area is 136 Å². The standard InChI is InChI=1S/C18H22N2O3/c1-13-4-9-17(23-3)16(10-13)20-18(21)12-19-11-14-5-7-15(22-2)8-6-14/h4-10,19H,11-12H2,1-3H3,(H,20,21). The van der Waals surface area contributed by atoms with Crippen LogP contribution in [0.4, 0.5) is 5.69 Å². The summed E-state index contributed by atoms with van der Waals surface area (Å²) in [5, 5.41) is 5.98. The number of benzene rings is 2. The van der Waals surface area contributed by atoms with Crippen LogP contribution in [0.25, 0.3) is 0 Å². The van der Waals surface area contributed by atoms with Gasteiger partial charge < -0.3 is 20.1 Å². The number of ether oxygens (including phenoxy) is 2. The lowest BCUT2D eigenvalue weighted by Crippen LogP contribution is -2.27. The molecule has 2 aromatic carbocycles. The molecule has 0 atom stereocenters. The number of nitrogens with one attached hydrogen (secondary N) is 2. The van der Waals surface area contributed by atoms with Crippen LogP contribution < -0.4 is 20.1 Å². The van der Waals surface area contributed by atoms with Gasteiger partial charge in [-0.3, -0.25) is 4.79 Å². The Morgan fingerprint density at radius 3 is 2.43 bits per heavy atom. The third-order valence-electron chi connectivity index (χ3n) is 3.40. The minimum absolute atomic E-state index is 0.109. The van der Waals surface area contributed by atoms with E-state index in [1.165, 1.54) is 0 Å². The molecule has 0 heterocycles. The Bertz CT molecular complexity index is 654. The van der Waals surface area contributed by atoms with Crippen molar-refractivity contribution in [2.45, 2.75) is 13.5 Å². The van der Waals surface area contributed by atoms with E-state index in [-0.39, 0.29) is 12.5 Å². The lowest BCUT2D eigenvalue weighted by molar-refractivity contribution is -0.115. The highest BCUT2D eigenvalue weighted by Crippen LogP contribution is 2.24. The van der Waals surface area contributed by atoms with Gasteiger partial charge in [-0.15, -0.1) is 0 Å². The monoisotopic (exact) mass is 314 g/mol. The molecule has 0 bridgehead atoms. The minimum Gasteiger partial charge on any atom is -0.497 e. The molecule has 0 aliphatic carbocycles. The van der Waals surface area contributed by atoms with Crippen LogP contribution in [0.1, 0.15) is 11.1 Å². The van der Waals surface area contributed by atoms with Crippen LogP contribution in [0.2, 0.25) is 0 Å². The highest BCUT2D eigenvalue weighted by molar-refractivity contribution is 5.93. The number of rotatable bonds is 7. The molecule has 5 heteroatoms. The molecule has 2 N–H and O–H groups in total. The number of hydrogen-bond donors (Lipinski definition) is 2. The maximum Gasteiger partial charge on any atom is 0.238 e.